The molecule has 1 aliphatic carbocycles. The molecule has 1 aliphatic rings. The van der Waals surface area contributed by atoms with Gasteiger partial charge >= 0.3 is 0 Å². The van der Waals surface area contributed by atoms with Crippen molar-refractivity contribution in [3.05, 3.63) is 15.1 Å². The summed E-state index contributed by atoms with van der Waals surface area (Å²) in [5.74, 6) is -0.486. The number of hydrogen-bond donors (Lipinski definition) is 1. The van der Waals surface area contributed by atoms with Crippen molar-refractivity contribution in [1.82, 2.24) is 10.2 Å². The Bertz CT molecular complexity index is 486. The summed E-state index contributed by atoms with van der Waals surface area (Å²) in [6, 6.07) is -0.730. The van der Waals surface area contributed by atoms with Gasteiger partial charge in [0.15, 0.2) is 0 Å². The first-order valence-corrected chi connectivity index (χ1v) is 7.16. The number of carbonyl (C=O) groups is 1. The fourth-order valence-corrected chi connectivity index (χ4v) is 3.00. The molecule has 1 aromatic heterocycles. The highest BCUT2D eigenvalue weighted by Gasteiger charge is 2.53. The molecule has 7 nitrogen and oxygen atoms in total. The summed E-state index contributed by atoms with van der Waals surface area (Å²) in [4.78, 5) is 21.8. The van der Waals surface area contributed by atoms with Crippen molar-refractivity contribution in [2.75, 3.05) is 5.32 Å². The third-order valence-electron chi connectivity index (χ3n) is 3.37. The van der Waals surface area contributed by atoms with Crippen molar-refractivity contribution in [3.8, 4) is 0 Å². The summed E-state index contributed by atoms with van der Waals surface area (Å²) in [6.07, 6.45) is 2.27. The quantitative estimate of drug-likeness (QED) is 0.636. The van der Waals surface area contributed by atoms with Gasteiger partial charge in [0.2, 0.25) is 17.1 Å². The van der Waals surface area contributed by atoms with Crippen molar-refractivity contribution in [1.29, 1.82) is 0 Å². The first-order chi connectivity index (χ1) is 9.06. The van der Waals surface area contributed by atoms with E-state index in [0.29, 0.717) is 17.5 Å². The average molecular weight is 284 g/mol. The minimum atomic E-state index is -0.730. The van der Waals surface area contributed by atoms with Crippen LogP contribution in [-0.2, 0) is 4.79 Å². The van der Waals surface area contributed by atoms with Crippen LogP contribution in [0, 0.1) is 16.0 Å². The highest BCUT2D eigenvalue weighted by atomic mass is 32.1. The van der Waals surface area contributed by atoms with Crippen molar-refractivity contribution in [3.63, 3.8) is 0 Å². The lowest BCUT2D eigenvalue weighted by atomic mass is 10.1. The van der Waals surface area contributed by atoms with Crippen LogP contribution in [0.3, 0.4) is 0 Å². The topological polar surface area (TPSA) is 98.0 Å². The summed E-state index contributed by atoms with van der Waals surface area (Å²) < 4.78 is 0. The molecule has 0 aliphatic heterocycles. The molecule has 8 heteroatoms. The van der Waals surface area contributed by atoms with Crippen LogP contribution in [0.4, 0.5) is 5.13 Å². The molecule has 1 saturated carbocycles. The van der Waals surface area contributed by atoms with Crippen LogP contribution in [-0.4, -0.2) is 27.1 Å². The maximum Gasteiger partial charge on any atom is 0.236 e. The van der Waals surface area contributed by atoms with Crippen molar-refractivity contribution < 1.29 is 9.72 Å². The average Bonchev–Trinajstić information content (AvgIpc) is 3.07. The van der Waals surface area contributed by atoms with E-state index in [1.165, 1.54) is 11.3 Å². The molecule has 1 N–H and O–H groups in total. The number of anilines is 1. The van der Waals surface area contributed by atoms with Gasteiger partial charge in [-0.05, 0) is 12.8 Å². The molecule has 2 atom stereocenters. The number of amides is 1. The molecule has 0 saturated heterocycles. The van der Waals surface area contributed by atoms with Gasteiger partial charge in [-0.3, -0.25) is 14.9 Å². The van der Waals surface area contributed by atoms with Crippen molar-refractivity contribution in [2.45, 2.75) is 45.1 Å². The Balaban J connectivity index is 1.93. The molecule has 0 aromatic carbocycles. The van der Waals surface area contributed by atoms with E-state index >= 15 is 0 Å². The van der Waals surface area contributed by atoms with Crippen LogP contribution in [0.5, 0.6) is 0 Å². The smallest absolute Gasteiger partial charge is 0.236 e. The molecule has 1 heterocycles. The molecule has 0 radical (unpaired) electrons. The second-order valence-corrected chi connectivity index (χ2v) is 5.65. The molecular formula is C11H16N4O3S. The lowest BCUT2D eigenvalue weighted by Gasteiger charge is -2.05. The third kappa shape index (κ3) is 3.06. The normalized spacial score (nSPS) is 21.4. The van der Waals surface area contributed by atoms with Gasteiger partial charge in [0.25, 0.3) is 0 Å². The Hall–Kier alpha value is -1.57. The zero-order valence-corrected chi connectivity index (χ0v) is 11.6. The van der Waals surface area contributed by atoms with Gasteiger partial charge < -0.3 is 5.32 Å². The van der Waals surface area contributed by atoms with Gasteiger partial charge in [-0.15, -0.1) is 10.2 Å². The number of hydrogen-bond acceptors (Lipinski definition) is 6. The van der Waals surface area contributed by atoms with Gasteiger partial charge in [-0.2, -0.15) is 0 Å². The van der Waals surface area contributed by atoms with E-state index in [2.05, 4.69) is 29.4 Å². The van der Waals surface area contributed by atoms with Crippen LogP contribution in [0.1, 0.15) is 44.0 Å². The van der Waals surface area contributed by atoms with Crippen molar-refractivity contribution in [2.24, 2.45) is 5.92 Å². The predicted molar refractivity (Wildman–Crippen MR) is 70.8 cm³/mol. The Kier molecular flexibility index (Phi) is 4.08. The van der Waals surface area contributed by atoms with E-state index < -0.39 is 16.9 Å². The largest absolute Gasteiger partial charge is 0.300 e. The van der Waals surface area contributed by atoms with E-state index in [4.69, 9.17) is 0 Å². The minimum absolute atomic E-state index is 0.317. The Labute approximate surface area is 114 Å². The summed E-state index contributed by atoms with van der Waals surface area (Å²) >= 11 is 1.35. The van der Waals surface area contributed by atoms with Gasteiger partial charge in [-0.25, -0.2) is 0 Å². The zero-order valence-electron chi connectivity index (χ0n) is 10.8. The fourth-order valence-electron chi connectivity index (χ4n) is 1.98. The SMILES string of the molecule is CCC(CC)c1nnc(NC(=O)[C@@H]2C[C@H]2[N+](=O)[O-])s1. The highest BCUT2D eigenvalue weighted by Crippen LogP contribution is 2.35. The molecule has 1 amide bonds. The highest BCUT2D eigenvalue weighted by molar-refractivity contribution is 7.15. The van der Waals surface area contributed by atoms with E-state index in [1.54, 1.807) is 0 Å². The maximum atomic E-state index is 11.7. The second-order valence-electron chi connectivity index (χ2n) is 4.64. The molecule has 0 spiro atoms. The fraction of sp³-hybridized carbons (Fsp3) is 0.727. The lowest BCUT2D eigenvalue weighted by molar-refractivity contribution is -0.497. The predicted octanol–water partition coefficient (Wildman–Crippen LogP) is 2.05. The Morgan fingerprint density at radius 2 is 2.21 bits per heavy atom. The summed E-state index contributed by atoms with van der Waals surface area (Å²) in [5, 5.41) is 22.4. The maximum absolute atomic E-state index is 11.7. The number of aromatic nitrogens is 2. The molecule has 1 aromatic rings. The third-order valence-corrected chi connectivity index (χ3v) is 4.37. The molecule has 2 rings (SSSR count). The molecule has 1 fully saturated rings. The monoisotopic (exact) mass is 284 g/mol. The van der Waals surface area contributed by atoms with Gasteiger partial charge in [0.05, 0.1) is 0 Å². The second kappa shape index (κ2) is 5.60. The van der Waals surface area contributed by atoms with Crippen LogP contribution >= 0.6 is 11.3 Å². The molecule has 19 heavy (non-hydrogen) atoms. The summed E-state index contributed by atoms with van der Waals surface area (Å²) in [7, 11) is 0. The van der Waals surface area contributed by atoms with Crippen LogP contribution in [0.2, 0.25) is 0 Å². The minimum Gasteiger partial charge on any atom is -0.300 e. The van der Waals surface area contributed by atoms with Gasteiger partial charge in [0.1, 0.15) is 10.9 Å². The first-order valence-electron chi connectivity index (χ1n) is 6.34. The summed E-state index contributed by atoms with van der Waals surface area (Å²) in [6.45, 7) is 4.17. The number of nitro groups is 1. The molecule has 0 bridgehead atoms. The van der Waals surface area contributed by atoms with Gasteiger partial charge in [-0.1, -0.05) is 25.2 Å². The Morgan fingerprint density at radius 1 is 1.53 bits per heavy atom. The van der Waals surface area contributed by atoms with Gasteiger partial charge in [0, 0.05) is 17.3 Å². The van der Waals surface area contributed by atoms with Crippen LogP contribution < -0.4 is 5.32 Å². The summed E-state index contributed by atoms with van der Waals surface area (Å²) in [5.41, 5.74) is 0. The number of rotatable bonds is 6. The molecule has 0 unspecified atom stereocenters. The van der Waals surface area contributed by atoms with Crippen LogP contribution in [0.15, 0.2) is 0 Å². The number of nitrogens with one attached hydrogen (secondary N) is 1. The number of nitrogens with zero attached hydrogens (tertiary/aromatic N) is 3. The Morgan fingerprint density at radius 3 is 2.74 bits per heavy atom. The molecule has 104 valence electrons. The van der Waals surface area contributed by atoms with E-state index in [1.807, 2.05) is 0 Å². The standard InChI is InChI=1S/C11H16N4O3S/c1-3-6(4-2)10-13-14-11(19-10)12-9(16)7-5-8(7)15(17)18/h6-8H,3-5H2,1-2H3,(H,12,14,16)/t7-,8-/m1/s1. The van der Waals surface area contributed by atoms with Crippen LogP contribution in [0.25, 0.3) is 0 Å². The molecular weight excluding hydrogens is 268 g/mol. The lowest BCUT2D eigenvalue weighted by Crippen LogP contribution is -2.18. The zero-order chi connectivity index (χ0) is 14.0. The van der Waals surface area contributed by atoms with E-state index in [9.17, 15) is 14.9 Å². The van der Waals surface area contributed by atoms with E-state index in [0.717, 1.165) is 17.8 Å². The number of carbonyl (C=O) groups excluding carboxylic acids is 1. The first kappa shape index (κ1) is 13.9. The van der Waals surface area contributed by atoms with E-state index in [-0.39, 0.29) is 5.91 Å². The van der Waals surface area contributed by atoms with Crippen molar-refractivity contribution >= 4 is 22.4 Å².